The summed E-state index contributed by atoms with van der Waals surface area (Å²) in [6, 6.07) is 9.51. The molecule has 2 N–H and O–H groups in total. The highest BCUT2D eigenvalue weighted by molar-refractivity contribution is 5.78. The third-order valence-electron chi connectivity index (χ3n) is 6.85. The molecule has 10 heteroatoms. The minimum Gasteiger partial charge on any atom is -0.378 e. The summed E-state index contributed by atoms with van der Waals surface area (Å²) >= 11 is 0. The smallest absolute Gasteiger partial charge is 0.296 e. The van der Waals surface area contributed by atoms with Gasteiger partial charge in [0.05, 0.1) is 24.2 Å². The molecule has 0 unspecified atom stereocenters. The van der Waals surface area contributed by atoms with Gasteiger partial charge in [0.25, 0.3) is 6.43 Å². The highest BCUT2D eigenvalue weighted by atomic mass is 19.3. The molecule has 2 aromatic heterocycles. The van der Waals surface area contributed by atoms with Crippen molar-refractivity contribution < 1.29 is 13.5 Å². The van der Waals surface area contributed by atoms with Crippen molar-refractivity contribution in [1.29, 1.82) is 0 Å². The molecule has 2 fully saturated rings. The Hall–Kier alpha value is -2.85. The van der Waals surface area contributed by atoms with E-state index < -0.39 is 6.43 Å². The first-order chi connectivity index (χ1) is 16.6. The Morgan fingerprint density at radius 3 is 2.50 bits per heavy atom. The van der Waals surface area contributed by atoms with Gasteiger partial charge in [-0.25, -0.2) is 13.8 Å². The first kappa shape index (κ1) is 22.9. The van der Waals surface area contributed by atoms with Crippen molar-refractivity contribution in [2.75, 3.05) is 50.1 Å². The van der Waals surface area contributed by atoms with Gasteiger partial charge in [0.1, 0.15) is 11.6 Å². The number of para-hydroxylation sites is 2. The normalized spacial score (nSPS) is 21.4. The van der Waals surface area contributed by atoms with Crippen molar-refractivity contribution in [2.24, 2.45) is 5.92 Å². The number of fused-ring (bicyclic) bond motifs is 1. The van der Waals surface area contributed by atoms with Crippen LogP contribution in [0.4, 0.5) is 20.5 Å². The lowest BCUT2D eigenvalue weighted by Gasteiger charge is -2.29. The van der Waals surface area contributed by atoms with Crippen LogP contribution in [0.3, 0.4) is 0 Å². The first-order valence-electron chi connectivity index (χ1n) is 12.0. The molecule has 1 saturated carbocycles. The predicted octanol–water partition coefficient (Wildman–Crippen LogP) is 3.78. The van der Waals surface area contributed by atoms with E-state index in [1.54, 1.807) is 24.3 Å². The van der Waals surface area contributed by atoms with Gasteiger partial charge in [-0.3, -0.25) is 4.57 Å². The van der Waals surface area contributed by atoms with Crippen LogP contribution in [-0.4, -0.2) is 65.5 Å². The average molecular weight is 472 g/mol. The maximum atomic E-state index is 14.0. The molecule has 34 heavy (non-hydrogen) atoms. The lowest BCUT2D eigenvalue weighted by molar-refractivity contribution is 0.122. The van der Waals surface area contributed by atoms with Gasteiger partial charge in [-0.05, 0) is 50.8 Å². The fourth-order valence-electron chi connectivity index (χ4n) is 4.89. The number of hydrogen-bond donors (Lipinski definition) is 2. The van der Waals surface area contributed by atoms with E-state index in [1.807, 2.05) is 13.1 Å². The summed E-state index contributed by atoms with van der Waals surface area (Å²) in [6.45, 7) is 3.35. The SMILES string of the molecule is CNC1CCC(CNc2nc(N3CCOCC3)cc(-n3c(C(F)F)nc4ccccc43)n2)CC1. The molecular formula is C24H31F2N7O. The minimum absolute atomic E-state index is 0.316. The van der Waals surface area contributed by atoms with Gasteiger partial charge < -0.3 is 20.3 Å². The van der Waals surface area contributed by atoms with E-state index in [-0.39, 0.29) is 5.82 Å². The molecule has 1 aliphatic heterocycles. The summed E-state index contributed by atoms with van der Waals surface area (Å²) in [5.74, 6) is 1.76. The van der Waals surface area contributed by atoms with Crippen molar-refractivity contribution in [3.05, 3.63) is 36.2 Å². The van der Waals surface area contributed by atoms with Crippen LogP contribution in [0, 0.1) is 5.92 Å². The summed E-state index contributed by atoms with van der Waals surface area (Å²) in [6.07, 6.45) is 1.85. The highest BCUT2D eigenvalue weighted by Crippen LogP contribution is 2.30. The quantitative estimate of drug-likeness (QED) is 0.543. The standard InChI is InChI=1S/C24H31F2N7O/c1-27-17-8-6-16(7-9-17)15-28-24-30-20(32-10-12-34-13-11-32)14-21(31-24)33-19-5-3-2-4-18(19)29-23(33)22(25)26/h2-5,14,16-17,22,27H,6-13,15H2,1H3,(H,28,30,31). The number of aromatic nitrogens is 4. The van der Waals surface area contributed by atoms with E-state index in [2.05, 4.69) is 25.5 Å². The van der Waals surface area contributed by atoms with Crippen LogP contribution >= 0.6 is 0 Å². The van der Waals surface area contributed by atoms with E-state index in [1.165, 1.54) is 4.57 Å². The van der Waals surface area contributed by atoms with Crippen LogP contribution in [0.5, 0.6) is 0 Å². The number of nitrogens with one attached hydrogen (secondary N) is 2. The molecule has 0 radical (unpaired) electrons. The number of halogens is 2. The van der Waals surface area contributed by atoms with Gasteiger partial charge in [-0.2, -0.15) is 9.97 Å². The van der Waals surface area contributed by atoms with E-state index in [4.69, 9.17) is 9.72 Å². The Morgan fingerprint density at radius 1 is 1.03 bits per heavy atom. The molecule has 2 aliphatic rings. The fraction of sp³-hybridized carbons (Fsp3) is 0.542. The topological polar surface area (TPSA) is 80.1 Å². The van der Waals surface area contributed by atoms with Gasteiger partial charge in [-0.15, -0.1) is 0 Å². The monoisotopic (exact) mass is 471 g/mol. The van der Waals surface area contributed by atoms with Crippen molar-refractivity contribution in [1.82, 2.24) is 24.8 Å². The molecule has 8 nitrogen and oxygen atoms in total. The second kappa shape index (κ2) is 10.2. The molecule has 0 amide bonds. The zero-order valence-electron chi connectivity index (χ0n) is 19.4. The van der Waals surface area contributed by atoms with E-state index in [0.29, 0.717) is 66.9 Å². The number of alkyl halides is 2. The number of ether oxygens (including phenoxy) is 1. The predicted molar refractivity (Wildman–Crippen MR) is 128 cm³/mol. The Labute approximate surface area is 197 Å². The molecule has 1 aliphatic carbocycles. The van der Waals surface area contributed by atoms with Crippen molar-refractivity contribution in [3.8, 4) is 5.82 Å². The summed E-state index contributed by atoms with van der Waals surface area (Å²) in [4.78, 5) is 15.7. The average Bonchev–Trinajstić information content (AvgIpc) is 3.28. The first-order valence-corrected chi connectivity index (χ1v) is 12.0. The number of hydrogen-bond acceptors (Lipinski definition) is 7. The fourth-order valence-corrected chi connectivity index (χ4v) is 4.89. The zero-order chi connectivity index (χ0) is 23.5. The number of morpholine rings is 1. The molecule has 0 spiro atoms. The van der Waals surface area contributed by atoms with Crippen LogP contribution in [0.15, 0.2) is 30.3 Å². The van der Waals surface area contributed by atoms with E-state index in [0.717, 1.165) is 32.2 Å². The van der Waals surface area contributed by atoms with Gasteiger partial charge in [0, 0.05) is 31.7 Å². The molecular weight excluding hydrogens is 440 g/mol. The maximum absolute atomic E-state index is 14.0. The lowest BCUT2D eigenvalue weighted by atomic mass is 9.86. The Bertz CT molecular complexity index is 1110. The number of rotatable bonds is 7. The van der Waals surface area contributed by atoms with Crippen LogP contribution in [0.2, 0.25) is 0 Å². The molecule has 182 valence electrons. The molecule has 1 saturated heterocycles. The van der Waals surface area contributed by atoms with E-state index in [9.17, 15) is 8.78 Å². The molecule has 1 aromatic carbocycles. The number of imidazole rings is 1. The number of benzene rings is 1. The molecule has 3 aromatic rings. The molecule has 0 atom stereocenters. The van der Waals surface area contributed by atoms with Crippen molar-refractivity contribution in [3.63, 3.8) is 0 Å². The Kier molecular flexibility index (Phi) is 6.87. The van der Waals surface area contributed by atoms with Gasteiger partial charge >= 0.3 is 0 Å². The maximum Gasteiger partial charge on any atom is 0.296 e. The summed E-state index contributed by atoms with van der Waals surface area (Å²) in [5, 5.41) is 6.77. The highest BCUT2D eigenvalue weighted by Gasteiger charge is 2.24. The molecule has 5 rings (SSSR count). The summed E-state index contributed by atoms with van der Waals surface area (Å²) in [5.41, 5.74) is 1.11. The van der Waals surface area contributed by atoms with Crippen LogP contribution < -0.4 is 15.5 Å². The second-order valence-corrected chi connectivity index (χ2v) is 8.99. The van der Waals surface area contributed by atoms with Crippen molar-refractivity contribution in [2.45, 2.75) is 38.2 Å². The van der Waals surface area contributed by atoms with Crippen LogP contribution in [-0.2, 0) is 4.74 Å². The van der Waals surface area contributed by atoms with E-state index >= 15 is 0 Å². The molecule has 0 bridgehead atoms. The number of nitrogens with zero attached hydrogens (tertiary/aromatic N) is 5. The third-order valence-corrected chi connectivity index (χ3v) is 6.85. The van der Waals surface area contributed by atoms with Gasteiger partial charge in [-0.1, -0.05) is 12.1 Å². The molecule has 3 heterocycles. The Morgan fingerprint density at radius 2 is 1.76 bits per heavy atom. The second-order valence-electron chi connectivity index (χ2n) is 8.99. The van der Waals surface area contributed by atoms with Gasteiger partial charge in [0.2, 0.25) is 5.95 Å². The third kappa shape index (κ3) is 4.83. The zero-order valence-corrected chi connectivity index (χ0v) is 19.4. The summed E-state index contributed by atoms with van der Waals surface area (Å²) < 4.78 is 34.9. The number of anilines is 2. The summed E-state index contributed by atoms with van der Waals surface area (Å²) in [7, 11) is 2.02. The van der Waals surface area contributed by atoms with Gasteiger partial charge in [0.15, 0.2) is 5.82 Å². The minimum atomic E-state index is -2.73. The lowest BCUT2D eigenvalue weighted by Crippen LogP contribution is -2.37. The van der Waals surface area contributed by atoms with Crippen LogP contribution in [0.1, 0.15) is 37.9 Å². The van der Waals surface area contributed by atoms with Crippen LogP contribution in [0.25, 0.3) is 16.9 Å². The largest absolute Gasteiger partial charge is 0.378 e. The van der Waals surface area contributed by atoms with Crippen molar-refractivity contribution >= 4 is 22.8 Å². The Balaban J connectivity index is 1.49.